The van der Waals surface area contributed by atoms with Crippen LogP contribution in [0, 0.1) is 6.92 Å². The lowest BCUT2D eigenvalue weighted by Crippen LogP contribution is -2.20. The van der Waals surface area contributed by atoms with E-state index in [0.717, 1.165) is 0 Å². The topological polar surface area (TPSA) is 55.1 Å². The van der Waals surface area contributed by atoms with Crippen molar-refractivity contribution in [3.63, 3.8) is 0 Å². The van der Waals surface area contributed by atoms with Crippen LogP contribution in [0.3, 0.4) is 0 Å². The van der Waals surface area contributed by atoms with Crippen molar-refractivity contribution in [3.8, 4) is 0 Å². The first-order chi connectivity index (χ1) is 6.33. The van der Waals surface area contributed by atoms with Gasteiger partial charge in [0.15, 0.2) is 0 Å². The van der Waals surface area contributed by atoms with Gasteiger partial charge in [0.1, 0.15) is 5.67 Å². The Hall–Kier alpha value is -1.39. The molecule has 0 amide bonds. The van der Waals surface area contributed by atoms with E-state index in [0.29, 0.717) is 11.3 Å². The minimum Gasteiger partial charge on any atom is -0.481 e. The van der Waals surface area contributed by atoms with Crippen molar-refractivity contribution in [1.82, 2.24) is 9.78 Å². The van der Waals surface area contributed by atoms with E-state index >= 15 is 0 Å². The SMILES string of the molecule is Cc1nn(C)cc1C(C)(F)CC(=O)O. The number of alkyl halides is 1. The summed E-state index contributed by atoms with van der Waals surface area (Å²) in [4.78, 5) is 10.4. The van der Waals surface area contributed by atoms with E-state index in [1.54, 1.807) is 14.0 Å². The summed E-state index contributed by atoms with van der Waals surface area (Å²) in [6, 6.07) is 0. The van der Waals surface area contributed by atoms with E-state index in [1.807, 2.05) is 0 Å². The summed E-state index contributed by atoms with van der Waals surface area (Å²) in [5.41, 5.74) is -0.995. The molecule has 0 aliphatic rings. The molecule has 1 heterocycles. The number of carboxylic acids is 1. The molecule has 14 heavy (non-hydrogen) atoms. The van der Waals surface area contributed by atoms with Crippen molar-refractivity contribution < 1.29 is 14.3 Å². The smallest absolute Gasteiger partial charge is 0.306 e. The standard InChI is InChI=1S/C9H13FN2O2/c1-6-7(5-12(3)11-6)9(2,10)4-8(13)14/h5H,4H2,1-3H3,(H,13,14). The lowest BCUT2D eigenvalue weighted by molar-refractivity contribution is -0.140. The lowest BCUT2D eigenvalue weighted by Gasteiger charge is -2.16. The minimum absolute atomic E-state index is 0.336. The molecule has 0 spiro atoms. The highest BCUT2D eigenvalue weighted by Crippen LogP contribution is 2.30. The summed E-state index contributed by atoms with van der Waals surface area (Å²) >= 11 is 0. The zero-order valence-corrected chi connectivity index (χ0v) is 8.41. The van der Waals surface area contributed by atoms with Gasteiger partial charge in [0, 0.05) is 18.8 Å². The van der Waals surface area contributed by atoms with E-state index < -0.39 is 18.1 Å². The quantitative estimate of drug-likeness (QED) is 0.802. The Morgan fingerprint density at radius 2 is 2.36 bits per heavy atom. The van der Waals surface area contributed by atoms with Gasteiger partial charge in [-0.15, -0.1) is 0 Å². The third kappa shape index (κ3) is 2.10. The number of nitrogens with zero attached hydrogens (tertiary/aromatic N) is 2. The number of aromatic nitrogens is 2. The molecular weight excluding hydrogens is 187 g/mol. The van der Waals surface area contributed by atoms with Gasteiger partial charge >= 0.3 is 5.97 Å². The molecule has 78 valence electrons. The predicted octanol–water partition coefficient (Wildman–Crippen LogP) is 1.39. The summed E-state index contributed by atoms with van der Waals surface area (Å²) in [6.45, 7) is 2.92. The van der Waals surface area contributed by atoms with Crippen LogP contribution in [0.25, 0.3) is 0 Å². The van der Waals surface area contributed by atoms with E-state index in [9.17, 15) is 9.18 Å². The second-order valence-corrected chi connectivity index (χ2v) is 3.57. The summed E-state index contributed by atoms with van der Waals surface area (Å²) in [6.07, 6.45) is 0.970. The second-order valence-electron chi connectivity index (χ2n) is 3.57. The Labute approximate surface area is 81.3 Å². The Bertz CT molecular complexity index is 358. The molecule has 1 N–H and O–H groups in total. The van der Waals surface area contributed by atoms with Gasteiger partial charge in [-0.2, -0.15) is 5.10 Å². The maximum absolute atomic E-state index is 13.9. The average Bonchev–Trinajstić information content (AvgIpc) is 2.27. The third-order valence-corrected chi connectivity index (χ3v) is 2.06. The molecule has 5 heteroatoms. The van der Waals surface area contributed by atoms with Crippen molar-refractivity contribution in [2.24, 2.45) is 7.05 Å². The number of carboxylic acid groups (broad SMARTS) is 1. The monoisotopic (exact) mass is 200 g/mol. The van der Waals surface area contributed by atoms with Crippen LogP contribution in [0.1, 0.15) is 24.6 Å². The molecule has 0 aliphatic carbocycles. The van der Waals surface area contributed by atoms with Crippen molar-refractivity contribution >= 4 is 5.97 Å². The summed E-state index contributed by atoms with van der Waals surface area (Å²) in [5, 5.41) is 12.5. The van der Waals surface area contributed by atoms with Gasteiger partial charge < -0.3 is 5.11 Å². The molecule has 4 nitrogen and oxygen atoms in total. The van der Waals surface area contributed by atoms with Crippen molar-refractivity contribution in [1.29, 1.82) is 0 Å². The molecule has 1 unspecified atom stereocenters. The number of aliphatic carboxylic acids is 1. The van der Waals surface area contributed by atoms with Crippen LogP contribution in [-0.4, -0.2) is 20.9 Å². The fourth-order valence-corrected chi connectivity index (χ4v) is 1.49. The van der Waals surface area contributed by atoms with E-state index in [2.05, 4.69) is 5.10 Å². The summed E-state index contributed by atoms with van der Waals surface area (Å²) < 4.78 is 15.4. The van der Waals surface area contributed by atoms with Gasteiger partial charge in [-0.3, -0.25) is 9.48 Å². The second kappa shape index (κ2) is 3.40. The first-order valence-corrected chi connectivity index (χ1v) is 4.24. The third-order valence-electron chi connectivity index (χ3n) is 2.06. The molecule has 0 saturated heterocycles. The van der Waals surface area contributed by atoms with Crippen molar-refractivity contribution in [2.45, 2.75) is 25.9 Å². The molecule has 0 saturated carbocycles. The van der Waals surface area contributed by atoms with Crippen molar-refractivity contribution in [3.05, 3.63) is 17.5 Å². The van der Waals surface area contributed by atoms with Crippen LogP contribution < -0.4 is 0 Å². The Kier molecular flexibility index (Phi) is 2.59. The first-order valence-electron chi connectivity index (χ1n) is 4.24. The number of hydrogen-bond acceptors (Lipinski definition) is 2. The zero-order valence-electron chi connectivity index (χ0n) is 8.41. The molecule has 1 aromatic rings. The van der Waals surface area contributed by atoms with Gasteiger partial charge in [0.2, 0.25) is 0 Å². The molecule has 0 radical (unpaired) electrons. The maximum Gasteiger partial charge on any atom is 0.306 e. The number of carbonyl (C=O) groups is 1. The molecule has 1 atom stereocenters. The zero-order chi connectivity index (χ0) is 10.9. The molecule has 1 rings (SSSR count). The Balaban J connectivity index is 3.02. The highest BCUT2D eigenvalue weighted by atomic mass is 19.1. The van der Waals surface area contributed by atoms with Crippen molar-refractivity contribution in [2.75, 3.05) is 0 Å². The predicted molar refractivity (Wildman–Crippen MR) is 48.7 cm³/mol. The van der Waals surface area contributed by atoms with Crippen LogP contribution in [-0.2, 0) is 17.5 Å². The number of rotatable bonds is 3. The normalized spacial score (nSPS) is 15.1. The van der Waals surface area contributed by atoms with E-state index in [4.69, 9.17) is 5.11 Å². The number of halogens is 1. The Morgan fingerprint density at radius 1 is 1.79 bits per heavy atom. The highest BCUT2D eigenvalue weighted by molar-refractivity contribution is 5.68. The average molecular weight is 200 g/mol. The summed E-state index contributed by atoms with van der Waals surface area (Å²) in [5.74, 6) is -1.15. The van der Waals surface area contributed by atoms with Crippen LogP contribution in [0.15, 0.2) is 6.20 Å². The van der Waals surface area contributed by atoms with Crippen LogP contribution in [0.4, 0.5) is 4.39 Å². The molecule has 0 bridgehead atoms. The largest absolute Gasteiger partial charge is 0.481 e. The van der Waals surface area contributed by atoms with Crippen LogP contribution in [0.2, 0.25) is 0 Å². The fraction of sp³-hybridized carbons (Fsp3) is 0.556. The maximum atomic E-state index is 13.9. The highest BCUT2D eigenvalue weighted by Gasteiger charge is 2.32. The van der Waals surface area contributed by atoms with Gasteiger partial charge in [-0.05, 0) is 13.8 Å². The van der Waals surface area contributed by atoms with Gasteiger partial charge in [-0.25, -0.2) is 4.39 Å². The summed E-state index contributed by atoms with van der Waals surface area (Å²) in [7, 11) is 1.67. The van der Waals surface area contributed by atoms with Gasteiger partial charge in [0.25, 0.3) is 0 Å². The van der Waals surface area contributed by atoms with E-state index in [-0.39, 0.29) is 0 Å². The number of hydrogen-bond donors (Lipinski definition) is 1. The first kappa shape index (κ1) is 10.7. The Morgan fingerprint density at radius 3 is 2.71 bits per heavy atom. The fourth-order valence-electron chi connectivity index (χ4n) is 1.49. The molecular formula is C9H13FN2O2. The van der Waals surface area contributed by atoms with Crippen LogP contribution >= 0.6 is 0 Å². The van der Waals surface area contributed by atoms with Gasteiger partial charge in [-0.1, -0.05) is 0 Å². The lowest BCUT2D eigenvalue weighted by atomic mass is 9.95. The van der Waals surface area contributed by atoms with Gasteiger partial charge in [0.05, 0.1) is 12.1 Å². The molecule has 1 aromatic heterocycles. The number of aryl methyl sites for hydroxylation is 2. The molecule has 0 fully saturated rings. The van der Waals surface area contributed by atoms with Crippen LogP contribution in [0.5, 0.6) is 0 Å². The van der Waals surface area contributed by atoms with E-state index in [1.165, 1.54) is 17.8 Å². The minimum atomic E-state index is -1.86. The molecule has 0 aliphatic heterocycles. The molecule has 0 aromatic carbocycles.